The number of hydroxylamine groups is 2. The first-order chi connectivity index (χ1) is 15.6. The van der Waals surface area contributed by atoms with Crippen LogP contribution >= 0.6 is 0 Å². The molecule has 2 saturated heterocycles. The first-order valence-corrected chi connectivity index (χ1v) is 12.1. The van der Waals surface area contributed by atoms with Gasteiger partial charge in [0.1, 0.15) is 6.54 Å². The van der Waals surface area contributed by atoms with Crippen LogP contribution in [-0.2, 0) is 19.2 Å². The van der Waals surface area contributed by atoms with Crippen molar-refractivity contribution in [1.82, 2.24) is 20.3 Å². The van der Waals surface area contributed by atoms with Crippen LogP contribution in [0.25, 0.3) is 0 Å². The number of nitrogens with zero attached hydrogens (tertiary/aromatic N) is 3. The van der Waals surface area contributed by atoms with E-state index in [1.54, 1.807) is 17.5 Å². The van der Waals surface area contributed by atoms with Gasteiger partial charge >= 0.3 is 0 Å². The molecule has 0 radical (unpaired) electrons. The second kappa shape index (κ2) is 9.27. The number of pyridine rings is 1. The Balaban J connectivity index is 1.36. The van der Waals surface area contributed by atoms with Crippen molar-refractivity contribution in [2.45, 2.75) is 88.4 Å². The van der Waals surface area contributed by atoms with Crippen molar-refractivity contribution in [3.63, 3.8) is 0 Å². The highest BCUT2D eigenvalue weighted by atomic mass is 16.7. The van der Waals surface area contributed by atoms with E-state index in [4.69, 9.17) is 4.84 Å². The number of hydrogen-bond donors (Lipinski definition) is 1. The highest BCUT2D eigenvalue weighted by molar-refractivity contribution is 6.07. The molecule has 0 bridgehead atoms. The molecule has 4 aliphatic rings. The van der Waals surface area contributed by atoms with Gasteiger partial charge in [-0.2, -0.15) is 5.06 Å². The number of nitrogens with one attached hydrogen (secondary N) is 1. The standard InChI is InChI=1S/C24H32N4O4/c29-19(26-17-7-3-1-4-8-17)15-27-21(16-11-13-25-14-12-16)20-22(32-27)24(31)28(23(20)30)18-9-5-2-6-10-18/h11-14,17-18,20-22H,1-10,15H2,(H,26,29). The third-order valence-corrected chi connectivity index (χ3v) is 7.49. The molecule has 8 heteroatoms. The van der Waals surface area contributed by atoms with Gasteiger partial charge in [-0.25, -0.2) is 0 Å². The minimum Gasteiger partial charge on any atom is -0.352 e. The Labute approximate surface area is 188 Å². The zero-order valence-corrected chi connectivity index (χ0v) is 18.4. The van der Waals surface area contributed by atoms with Crippen molar-refractivity contribution in [2.24, 2.45) is 5.92 Å². The molecule has 0 aromatic carbocycles. The molecule has 1 aromatic rings. The summed E-state index contributed by atoms with van der Waals surface area (Å²) in [5, 5.41) is 4.67. The van der Waals surface area contributed by atoms with Crippen LogP contribution in [0.4, 0.5) is 0 Å². The fraction of sp³-hybridized carbons (Fsp3) is 0.667. The SMILES string of the molecule is O=C(CN1OC2C(=O)N(C3CCCCC3)C(=O)C2C1c1ccncc1)NC1CCCCC1. The maximum Gasteiger partial charge on any atom is 0.261 e. The minimum absolute atomic E-state index is 0.000474. The van der Waals surface area contributed by atoms with Crippen LogP contribution in [0, 0.1) is 5.92 Å². The predicted octanol–water partition coefficient (Wildman–Crippen LogP) is 2.51. The number of amides is 3. The molecule has 8 nitrogen and oxygen atoms in total. The summed E-state index contributed by atoms with van der Waals surface area (Å²) in [5.41, 5.74) is 0.838. The van der Waals surface area contributed by atoms with Crippen molar-refractivity contribution in [3.8, 4) is 0 Å². The van der Waals surface area contributed by atoms with E-state index in [1.807, 2.05) is 12.1 Å². The molecular weight excluding hydrogens is 408 g/mol. The molecular formula is C24H32N4O4. The van der Waals surface area contributed by atoms with E-state index in [9.17, 15) is 14.4 Å². The largest absolute Gasteiger partial charge is 0.352 e. The maximum absolute atomic E-state index is 13.5. The molecule has 172 valence electrons. The average Bonchev–Trinajstić information content (AvgIpc) is 3.30. The molecule has 1 N–H and O–H groups in total. The van der Waals surface area contributed by atoms with Gasteiger partial charge < -0.3 is 5.32 Å². The summed E-state index contributed by atoms with van der Waals surface area (Å²) < 4.78 is 0. The van der Waals surface area contributed by atoms with Gasteiger partial charge in [0.25, 0.3) is 5.91 Å². The number of hydrogen-bond acceptors (Lipinski definition) is 6. The molecule has 2 aliphatic heterocycles. The van der Waals surface area contributed by atoms with Gasteiger partial charge in [0.05, 0.1) is 12.0 Å². The number of carbonyl (C=O) groups is 3. The van der Waals surface area contributed by atoms with E-state index >= 15 is 0 Å². The summed E-state index contributed by atoms with van der Waals surface area (Å²) >= 11 is 0. The van der Waals surface area contributed by atoms with Crippen molar-refractivity contribution in [1.29, 1.82) is 0 Å². The van der Waals surface area contributed by atoms with Gasteiger partial charge in [-0.15, -0.1) is 0 Å². The van der Waals surface area contributed by atoms with Gasteiger partial charge in [-0.3, -0.25) is 29.1 Å². The predicted molar refractivity (Wildman–Crippen MR) is 116 cm³/mol. The van der Waals surface area contributed by atoms with E-state index in [0.717, 1.165) is 63.4 Å². The maximum atomic E-state index is 13.5. The molecule has 3 unspecified atom stereocenters. The second-order valence-corrected chi connectivity index (χ2v) is 9.59. The van der Waals surface area contributed by atoms with Crippen LogP contribution in [-0.4, -0.2) is 57.4 Å². The summed E-state index contributed by atoms with van der Waals surface area (Å²) in [5.74, 6) is -1.17. The second-order valence-electron chi connectivity index (χ2n) is 9.59. The molecule has 2 saturated carbocycles. The highest BCUT2D eigenvalue weighted by Crippen LogP contribution is 2.45. The topological polar surface area (TPSA) is 91.8 Å². The van der Waals surface area contributed by atoms with Crippen molar-refractivity contribution in [2.75, 3.05) is 6.54 Å². The van der Waals surface area contributed by atoms with E-state index in [1.165, 1.54) is 11.3 Å². The van der Waals surface area contributed by atoms with Crippen LogP contribution in [0.3, 0.4) is 0 Å². The number of rotatable bonds is 5. The zero-order valence-electron chi connectivity index (χ0n) is 18.4. The summed E-state index contributed by atoms with van der Waals surface area (Å²) in [4.78, 5) is 51.2. The van der Waals surface area contributed by atoms with Gasteiger partial charge in [0.2, 0.25) is 11.8 Å². The van der Waals surface area contributed by atoms with Crippen LogP contribution < -0.4 is 5.32 Å². The Bertz CT molecular complexity index is 851. The summed E-state index contributed by atoms with van der Waals surface area (Å²) in [7, 11) is 0. The molecule has 3 atom stereocenters. The summed E-state index contributed by atoms with van der Waals surface area (Å²) in [6.45, 7) is 0.000474. The van der Waals surface area contributed by atoms with Gasteiger partial charge in [0.15, 0.2) is 6.10 Å². The van der Waals surface area contributed by atoms with Crippen LogP contribution in [0.15, 0.2) is 24.5 Å². The molecule has 5 rings (SSSR count). The Hall–Kier alpha value is -2.32. The molecule has 4 fully saturated rings. The number of likely N-dealkylation sites (tertiary alicyclic amines) is 1. The smallest absolute Gasteiger partial charge is 0.261 e. The van der Waals surface area contributed by atoms with E-state index in [-0.39, 0.29) is 36.3 Å². The summed E-state index contributed by atoms with van der Waals surface area (Å²) in [6, 6.07) is 3.36. The Morgan fingerprint density at radius 1 is 0.969 bits per heavy atom. The fourth-order valence-electron chi connectivity index (χ4n) is 5.92. The highest BCUT2D eigenvalue weighted by Gasteiger charge is 2.60. The first kappa shape index (κ1) is 21.5. The van der Waals surface area contributed by atoms with Gasteiger partial charge in [0, 0.05) is 24.5 Å². The van der Waals surface area contributed by atoms with Crippen molar-refractivity contribution in [3.05, 3.63) is 30.1 Å². The number of imide groups is 1. The monoisotopic (exact) mass is 440 g/mol. The normalized spacial score (nSPS) is 30.0. The molecule has 3 heterocycles. The number of aromatic nitrogens is 1. The third-order valence-electron chi connectivity index (χ3n) is 7.49. The zero-order chi connectivity index (χ0) is 22.1. The quantitative estimate of drug-likeness (QED) is 0.708. The molecule has 32 heavy (non-hydrogen) atoms. The number of fused-ring (bicyclic) bond motifs is 1. The van der Waals surface area contributed by atoms with Crippen LogP contribution in [0.2, 0.25) is 0 Å². The van der Waals surface area contributed by atoms with Crippen molar-refractivity contribution < 1.29 is 19.2 Å². The van der Waals surface area contributed by atoms with Crippen LogP contribution in [0.1, 0.15) is 75.8 Å². The Kier molecular flexibility index (Phi) is 6.24. The minimum atomic E-state index is -0.856. The summed E-state index contributed by atoms with van der Waals surface area (Å²) in [6.07, 6.45) is 12.9. The average molecular weight is 441 g/mol. The fourth-order valence-corrected chi connectivity index (χ4v) is 5.92. The molecule has 0 spiro atoms. The lowest BCUT2D eigenvalue weighted by Crippen LogP contribution is -2.46. The van der Waals surface area contributed by atoms with Crippen molar-refractivity contribution >= 4 is 17.7 Å². The molecule has 3 amide bonds. The lowest BCUT2D eigenvalue weighted by Gasteiger charge is -2.32. The van der Waals surface area contributed by atoms with E-state index in [0.29, 0.717) is 0 Å². The van der Waals surface area contributed by atoms with E-state index < -0.39 is 18.1 Å². The van der Waals surface area contributed by atoms with Crippen LogP contribution in [0.5, 0.6) is 0 Å². The van der Waals surface area contributed by atoms with Gasteiger partial charge in [-0.05, 0) is 43.4 Å². The Morgan fingerprint density at radius 3 is 2.31 bits per heavy atom. The van der Waals surface area contributed by atoms with Gasteiger partial charge in [-0.1, -0.05) is 38.5 Å². The molecule has 1 aromatic heterocycles. The lowest BCUT2D eigenvalue weighted by atomic mass is 9.91. The first-order valence-electron chi connectivity index (χ1n) is 12.1. The Morgan fingerprint density at radius 2 is 1.62 bits per heavy atom. The molecule has 2 aliphatic carbocycles. The third kappa shape index (κ3) is 4.06. The van der Waals surface area contributed by atoms with E-state index in [2.05, 4.69) is 10.3 Å². The lowest BCUT2D eigenvalue weighted by molar-refractivity contribution is -0.184. The number of carbonyl (C=O) groups excluding carboxylic acids is 3.